The molecule has 0 unspecified atom stereocenters. The molecule has 3 heterocycles. The molecule has 0 spiro atoms. The predicted molar refractivity (Wildman–Crippen MR) is 105 cm³/mol. The number of nitrogens with zero attached hydrogens (tertiary/aromatic N) is 4. The van der Waals surface area contributed by atoms with Crippen LogP contribution < -0.4 is 5.73 Å². The van der Waals surface area contributed by atoms with Crippen molar-refractivity contribution >= 4 is 11.5 Å². The van der Waals surface area contributed by atoms with E-state index in [1.165, 1.54) is 17.5 Å². The van der Waals surface area contributed by atoms with Gasteiger partial charge in [-0.25, -0.2) is 4.79 Å². The molecular formula is C20H24F3N5O2. The molecule has 162 valence electrons. The Labute approximate surface area is 171 Å². The predicted octanol–water partition coefficient (Wildman–Crippen LogP) is 3.75. The first-order chi connectivity index (χ1) is 14.1. The summed E-state index contributed by atoms with van der Waals surface area (Å²) in [6, 6.07) is 2.78. The number of fused-ring (bicyclic) bond motifs is 1. The molecule has 0 amide bonds. The van der Waals surface area contributed by atoms with Crippen molar-refractivity contribution in [3.05, 3.63) is 42.2 Å². The Balaban J connectivity index is 0.000000318. The van der Waals surface area contributed by atoms with E-state index in [0.29, 0.717) is 6.04 Å². The van der Waals surface area contributed by atoms with E-state index in [2.05, 4.69) is 50.7 Å². The maximum Gasteiger partial charge on any atom is 0.490 e. The number of hydrogen-bond donors (Lipinski definition) is 2. The SMILES string of the molecule is CCc1nc(C)cn2cc(-c3cnn([C@@H]4CCC[C@@H]4N)c3)cc12.O=C(O)C(F)(F)F. The molecular weight excluding hydrogens is 399 g/mol. The van der Waals surface area contributed by atoms with Crippen molar-refractivity contribution in [3.63, 3.8) is 0 Å². The number of aryl methyl sites for hydroxylation is 2. The Hall–Kier alpha value is -2.88. The average Bonchev–Trinajstić information content (AvgIpc) is 3.38. The first-order valence-corrected chi connectivity index (χ1v) is 9.68. The summed E-state index contributed by atoms with van der Waals surface area (Å²) < 4.78 is 36.0. The third-order valence-corrected chi connectivity index (χ3v) is 5.17. The quantitative estimate of drug-likeness (QED) is 0.669. The standard InChI is InChI=1S/C18H23N5.C2HF3O2/c1-3-16-18-7-13(10-22(18)9-12(2)21-16)14-8-20-23(11-14)17-6-4-5-15(17)19;3-2(4,5)1(6)7/h7-11,15,17H,3-6,19H2,1-2H3;(H,6,7)/t15-,17+;/m0./s1. The maximum absolute atomic E-state index is 10.6. The fourth-order valence-electron chi connectivity index (χ4n) is 3.70. The zero-order chi connectivity index (χ0) is 22.1. The van der Waals surface area contributed by atoms with Gasteiger partial charge in [-0.1, -0.05) is 6.92 Å². The molecule has 3 aromatic rings. The Morgan fingerprint density at radius 3 is 2.53 bits per heavy atom. The Bertz CT molecular complexity index is 1040. The number of aromatic nitrogens is 4. The van der Waals surface area contributed by atoms with Crippen LogP contribution >= 0.6 is 0 Å². The number of rotatable bonds is 3. The minimum absolute atomic E-state index is 0.231. The van der Waals surface area contributed by atoms with Crippen molar-refractivity contribution in [2.45, 2.75) is 57.8 Å². The molecule has 4 rings (SSSR count). The van der Waals surface area contributed by atoms with E-state index >= 15 is 0 Å². The second-order valence-corrected chi connectivity index (χ2v) is 7.38. The van der Waals surface area contributed by atoms with Gasteiger partial charge in [0.05, 0.1) is 29.1 Å². The van der Waals surface area contributed by atoms with E-state index in [9.17, 15) is 13.2 Å². The zero-order valence-corrected chi connectivity index (χ0v) is 16.7. The van der Waals surface area contributed by atoms with Crippen LogP contribution in [0.4, 0.5) is 13.2 Å². The van der Waals surface area contributed by atoms with E-state index in [4.69, 9.17) is 15.6 Å². The van der Waals surface area contributed by atoms with Crippen LogP contribution in [0.1, 0.15) is 43.6 Å². The van der Waals surface area contributed by atoms with Gasteiger partial charge in [-0.2, -0.15) is 18.3 Å². The van der Waals surface area contributed by atoms with E-state index < -0.39 is 12.1 Å². The molecule has 1 saturated carbocycles. The van der Waals surface area contributed by atoms with Gasteiger partial charge in [-0.15, -0.1) is 0 Å². The molecule has 0 aliphatic heterocycles. The van der Waals surface area contributed by atoms with Crippen LogP contribution in [-0.4, -0.2) is 42.5 Å². The van der Waals surface area contributed by atoms with Crippen molar-refractivity contribution in [2.24, 2.45) is 5.73 Å². The molecule has 3 aromatic heterocycles. The third kappa shape index (κ3) is 4.64. The van der Waals surface area contributed by atoms with Gasteiger partial charge in [-0.3, -0.25) is 9.67 Å². The van der Waals surface area contributed by atoms with Crippen molar-refractivity contribution in [1.82, 2.24) is 19.2 Å². The molecule has 10 heteroatoms. The van der Waals surface area contributed by atoms with E-state index in [1.54, 1.807) is 0 Å². The molecule has 0 saturated heterocycles. The molecule has 3 N–H and O–H groups in total. The molecule has 1 aliphatic rings. The fraction of sp³-hybridized carbons (Fsp3) is 0.450. The van der Waals surface area contributed by atoms with Crippen LogP contribution in [0.3, 0.4) is 0 Å². The average molecular weight is 423 g/mol. The van der Waals surface area contributed by atoms with Gasteiger partial charge < -0.3 is 15.2 Å². The van der Waals surface area contributed by atoms with Crippen LogP contribution in [0.25, 0.3) is 16.6 Å². The lowest BCUT2D eigenvalue weighted by Gasteiger charge is -2.15. The smallest absolute Gasteiger partial charge is 0.475 e. The third-order valence-electron chi connectivity index (χ3n) is 5.17. The fourth-order valence-corrected chi connectivity index (χ4v) is 3.70. The molecule has 0 aromatic carbocycles. The number of alkyl halides is 3. The summed E-state index contributed by atoms with van der Waals surface area (Å²) in [5, 5.41) is 11.7. The molecule has 1 aliphatic carbocycles. The number of aliphatic carboxylic acids is 1. The number of carboxylic acid groups (broad SMARTS) is 1. The lowest BCUT2D eigenvalue weighted by molar-refractivity contribution is -0.192. The van der Waals surface area contributed by atoms with Gasteiger partial charge in [0, 0.05) is 35.8 Å². The summed E-state index contributed by atoms with van der Waals surface area (Å²) in [7, 11) is 0. The summed E-state index contributed by atoms with van der Waals surface area (Å²) in [6.07, 6.45) is 7.60. The van der Waals surface area contributed by atoms with E-state index in [1.807, 2.05) is 13.1 Å². The number of halogens is 3. The first kappa shape index (κ1) is 21.8. The number of nitrogens with two attached hydrogens (primary N) is 1. The highest BCUT2D eigenvalue weighted by Gasteiger charge is 2.38. The second-order valence-electron chi connectivity index (χ2n) is 7.38. The number of carboxylic acids is 1. The Morgan fingerprint density at radius 1 is 1.27 bits per heavy atom. The summed E-state index contributed by atoms with van der Waals surface area (Å²) in [6.45, 7) is 4.19. The summed E-state index contributed by atoms with van der Waals surface area (Å²) >= 11 is 0. The van der Waals surface area contributed by atoms with E-state index in [-0.39, 0.29) is 6.04 Å². The van der Waals surface area contributed by atoms with Crippen molar-refractivity contribution in [1.29, 1.82) is 0 Å². The monoisotopic (exact) mass is 423 g/mol. The molecule has 30 heavy (non-hydrogen) atoms. The molecule has 0 bridgehead atoms. The van der Waals surface area contributed by atoms with Crippen LogP contribution in [0.2, 0.25) is 0 Å². The highest BCUT2D eigenvalue weighted by Crippen LogP contribution is 2.30. The highest BCUT2D eigenvalue weighted by molar-refractivity contribution is 5.73. The lowest BCUT2D eigenvalue weighted by Crippen LogP contribution is -2.27. The summed E-state index contributed by atoms with van der Waals surface area (Å²) in [5.41, 5.74) is 11.9. The van der Waals surface area contributed by atoms with Gasteiger partial charge in [0.15, 0.2) is 0 Å². The second kappa shape index (κ2) is 8.47. The van der Waals surface area contributed by atoms with Crippen molar-refractivity contribution in [3.8, 4) is 11.1 Å². The maximum atomic E-state index is 10.6. The Morgan fingerprint density at radius 2 is 1.97 bits per heavy atom. The van der Waals surface area contributed by atoms with Crippen LogP contribution in [-0.2, 0) is 11.2 Å². The van der Waals surface area contributed by atoms with Gasteiger partial charge in [0.25, 0.3) is 0 Å². The minimum Gasteiger partial charge on any atom is -0.475 e. The first-order valence-electron chi connectivity index (χ1n) is 9.68. The van der Waals surface area contributed by atoms with Crippen LogP contribution in [0.5, 0.6) is 0 Å². The largest absolute Gasteiger partial charge is 0.490 e. The Kier molecular flexibility index (Phi) is 6.16. The summed E-state index contributed by atoms with van der Waals surface area (Å²) in [5.74, 6) is -2.76. The molecule has 0 radical (unpaired) electrons. The van der Waals surface area contributed by atoms with Gasteiger partial charge >= 0.3 is 12.1 Å². The van der Waals surface area contributed by atoms with Gasteiger partial charge in [0.2, 0.25) is 0 Å². The lowest BCUT2D eigenvalue weighted by atomic mass is 10.1. The van der Waals surface area contributed by atoms with Gasteiger partial charge in [0.1, 0.15) is 0 Å². The van der Waals surface area contributed by atoms with Crippen molar-refractivity contribution in [2.75, 3.05) is 0 Å². The van der Waals surface area contributed by atoms with Crippen LogP contribution in [0.15, 0.2) is 30.9 Å². The summed E-state index contributed by atoms with van der Waals surface area (Å²) in [4.78, 5) is 13.5. The molecule has 7 nitrogen and oxygen atoms in total. The number of hydrogen-bond acceptors (Lipinski definition) is 4. The zero-order valence-electron chi connectivity index (χ0n) is 16.7. The van der Waals surface area contributed by atoms with Gasteiger partial charge in [-0.05, 0) is 38.7 Å². The topological polar surface area (TPSA) is 98.4 Å². The van der Waals surface area contributed by atoms with Crippen molar-refractivity contribution < 1.29 is 23.1 Å². The number of carbonyl (C=O) groups is 1. The minimum atomic E-state index is -5.08. The molecule has 1 fully saturated rings. The molecule has 2 atom stereocenters. The highest BCUT2D eigenvalue weighted by atomic mass is 19.4. The van der Waals surface area contributed by atoms with Crippen LogP contribution in [0, 0.1) is 6.92 Å². The normalized spacial score (nSPS) is 19.0. The van der Waals surface area contributed by atoms with E-state index in [0.717, 1.165) is 36.2 Å².